The van der Waals surface area contributed by atoms with Crippen LogP contribution in [0.15, 0.2) is 41.3 Å². The molecule has 0 saturated heterocycles. The van der Waals surface area contributed by atoms with Gasteiger partial charge in [0.05, 0.1) is 11.3 Å². The molecule has 1 aliphatic heterocycles. The molecule has 0 aliphatic carbocycles. The highest BCUT2D eigenvalue weighted by atomic mass is 35.5. The molecule has 0 fully saturated rings. The van der Waals surface area contributed by atoms with Crippen LogP contribution in [0.3, 0.4) is 0 Å². The van der Waals surface area contributed by atoms with Gasteiger partial charge in [-0.25, -0.2) is 4.79 Å². The quantitative estimate of drug-likeness (QED) is 0.724. The van der Waals surface area contributed by atoms with Gasteiger partial charge < -0.3 is 15.4 Å². The fourth-order valence-electron chi connectivity index (χ4n) is 2.61. The van der Waals surface area contributed by atoms with E-state index < -0.39 is 18.0 Å². The Morgan fingerprint density at radius 1 is 1.29 bits per heavy atom. The molecule has 6 nitrogen and oxygen atoms in total. The van der Waals surface area contributed by atoms with E-state index in [-0.39, 0.29) is 11.5 Å². The number of ether oxygens (including phenoxy) is 1. The van der Waals surface area contributed by atoms with Crippen LogP contribution in [0.2, 0.25) is 5.02 Å². The van der Waals surface area contributed by atoms with E-state index in [1.165, 1.54) is 6.92 Å². The Morgan fingerprint density at radius 3 is 2.86 bits per heavy atom. The summed E-state index contributed by atoms with van der Waals surface area (Å²) in [7, 11) is 0. The van der Waals surface area contributed by atoms with Crippen LogP contribution in [0.4, 0.5) is 11.4 Å². The van der Waals surface area contributed by atoms with Gasteiger partial charge >= 0.3 is 5.97 Å². The summed E-state index contributed by atoms with van der Waals surface area (Å²) in [4.78, 5) is 37.4. The van der Waals surface area contributed by atoms with E-state index in [1.807, 2.05) is 0 Å². The minimum Gasteiger partial charge on any atom is -0.449 e. The molecule has 2 aromatic carbocycles. The van der Waals surface area contributed by atoms with Crippen molar-refractivity contribution in [1.29, 1.82) is 0 Å². The molecule has 28 heavy (non-hydrogen) atoms. The van der Waals surface area contributed by atoms with Crippen molar-refractivity contribution in [3.8, 4) is 0 Å². The van der Waals surface area contributed by atoms with Crippen LogP contribution >= 0.6 is 23.4 Å². The Labute approximate surface area is 172 Å². The summed E-state index contributed by atoms with van der Waals surface area (Å²) in [6, 6.07) is 10.1. The number of halogens is 1. The number of carbonyl (C=O) groups excluding carboxylic acids is 3. The summed E-state index contributed by atoms with van der Waals surface area (Å²) in [6.45, 7) is 3.28. The largest absolute Gasteiger partial charge is 0.449 e. The molecule has 1 aliphatic rings. The molecule has 1 heterocycles. The summed E-state index contributed by atoms with van der Waals surface area (Å²) in [5.74, 6) is -0.515. The number of fused-ring (bicyclic) bond motifs is 1. The van der Waals surface area contributed by atoms with Gasteiger partial charge in [0.1, 0.15) is 0 Å². The Morgan fingerprint density at radius 2 is 2.07 bits per heavy atom. The second kappa shape index (κ2) is 8.67. The molecule has 0 unspecified atom stereocenters. The molecular weight excluding hydrogens is 400 g/mol. The van der Waals surface area contributed by atoms with Gasteiger partial charge in [-0.2, -0.15) is 0 Å². The zero-order valence-corrected chi connectivity index (χ0v) is 16.9. The average Bonchev–Trinajstić information content (AvgIpc) is 2.85. The number of esters is 1. The average molecular weight is 419 g/mol. The number of benzene rings is 2. The number of carbonyl (C=O) groups is 3. The first kappa shape index (κ1) is 20.2. The van der Waals surface area contributed by atoms with Gasteiger partial charge in [0.15, 0.2) is 6.10 Å². The van der Waals surface area contributed by atoms with Gasteiger partial charge in [-0.15, -0.1) is 11.8 Å². The van der Waals surface area contributed by atoms with Crippen molar-refractivity contribution < 1.29 is 19.1 Å². The Balaban J connectivity index is 1.68. The predicted octanol–water partition coefficient (Wildman–Crippen LogP) is 4.27. The third-order valence-corrected chi connectivity index (χ3v) is 5.74. The topological polar surface area (TPSA) is 84.5 Å². The van der Waals surface area contributed by atoms with Crippen LogP contribution in [0.5, 0.6) is 0 Å². The maximum atomic E-state index is 12.4. The van der Waals surface area contributed by atoms with E-state index in [0.29, 0.717) is 28.6 Å². The lowest BCUT2D eigenvalue weighted by Crippen LogP contribution is -2.30. The highest BCUT2D eigenvalue weighted by Crippen LogP contribution is 2.31. The van der Waals surface area contributed by atoms with Crippen LogP contribution in [0, 0.1) is 6.92 Å². The van der Waals surface area contributed by atoms with Gasteiger partial charge in [0.2, 0.25) is 5.91 Å². The monoisotopic (exact) mass is 418 g/mol. The van der Waals surface area contributed by atoms with Crippen LogP contribution in [-0.4, -0.2) is 29.6 Å². The zero-order chi connectivity index (χ0) is 20.3. The van der Waals surface area contributed by atoms with E-state index in [9.17, 15) is 14.4 Å². The molecule has 2 amide bonds. The van der Waals surface area contributed by atoms with Crippen LogP contribution in [0.1, 0.15) is 29.3 Å². The molecule has 0 spiro atoms. The predicted molar refractivity (Wildman–Crippen MR) is 110 cm³/mol. The molecular formula is C20H19ClN2O4S. The summed E-state index contributed by atoms with van der Waals surface area (Å²) in [5, 5.41) is 6.02. The molecule has 1 atom stereocenters. The molecule has 0 aromatic heterocycles. The number of thioether (sulfide) groups is 1. The second-order valence-corrected chi connectivity index (χ2v) is 7.85. The second-order valence-electron chi connectivity index (χ2n) is 6.31. The summed E-state index contributed by atoms with van der Waals surface area (Å²) < 4.78 is 5.29. The first-order valence-electron chi connectivity index (χ1n) is 8.69. The molecule has 8 heteroatoms. The first-order valence-corrected chi connectivity index (χ1v) is 10.0. The van der Waals surface area contributed by atoms with Crippen molar-refractivity contribution in [2.24, 2.45) is 0 Å². The highest BCUT2D eigenvalue weighted by molar-refractivity contribution is 7.99. The number of hydrogen-bond acceptors (Lipinski definition) is 5. The van der Waals surface area contributed by atoms with Crippen molar-refractivity contribution in [2.75, 3.05) is 16.4 Å². The number of amides is 2. The van der Waals surface area contributed by atoms with E-state index in [2.05, 4.69) is 10.6 Å². The lowest BCUT2D eigenvalue weighted by molar-refractivity contribution is -0.123. The van der Waals surface area contributed by atoms with Crippen LogP contribution in [0.25, 0.3) is 0 Å². The van der Waals surface area contributed by atoms with Crippen molar-refractivity contribution in [1.82, 2.24) is 0 Å². The van der Waals surface area contributed by atoms with Crippen molar-refractivity contribution >= 4 is 52.5 Å². The number of rotatable bonds is 4. The van der Waals surface area contributed by atoms with Gasteiger partial charge in [0.25, 0.3) is 5.91 Å². The third-order valence-electron chi connectivity index (χ3n) is 4.25. The van der Waals surface area contributed by atoms with Gasteiger partial charge in [-0.1, -0.05) is 17.7 Å². The van der Waals surface area contributed by atoms with Crippen LogP contribution in [-0.2, 0) is 14.3 Å². The minimum atomic E-state index is -1.01. The van der Waals surface area contributed by atoms with Gasteiger partial charge in [0, 0.05) is 27.8 Å². The molecule has 0 bridgehead atoms. The fourth-order valence-corrected chi connectivity index (χ4v) is 3.72. The third kappa shape index (κ3) is 4.66. The van der Waals surface area contributed by atoms with Gasteiger partial charge in [-0.05, 0) is 49.7 Å². The smallest absolute Gasteiger partial charge is 0.338 e. The Bertz CT molecular complexity index is 948. The lowest BCUT2D eigenvalue weighted by Gasteiger charge is -2.16. The standard InChI is InChI=1S/C20H19ClN2O4S/c1-11-14(21)4-3-5-15(11)23-19(25)12(2)27-20(26)13-6-7-17-16(10-13)22-18(24)8-9-28-17/h3-7,10,12H,8-9H2,1-2H3,(H,22,24)(H,23,25)/t12-/m0/s1. The van der Waals surface area contributed by atoms with Crippen LogP contribution < -0.4 is 10.6 Å². The lowest BCUT2D eigenvalue weighted by atomic mass is 10.2. The van der Waals surface area contributed by atoms with Gasteiger partial charge in [-0.3, -0.25) is 9.59 Å². The van der Waals surface area contributed by atoms with E-state index in [4.69, 9.17) is 16.3 Å². The minimum absolute atomic E-state index is 0.0959. The molecule has 0 saturated carbocycles. The van der Waals surface area contributed by atoms with Crippen molar-refractivity contribution in [3.63, 3.8) is 0 Å². The summed E-state index contributed by atoms with van der Waals surface area (Å²) in [6.07, 6.45) is -0.590. The first-order chi connectivity index (χ1) is 13.3. The molecule has 2 N–H and O–H groups in total. The van der Waals surface area contributed by atoms with Crippen molar-refractivity contribution in [2.45, 2.75) is 31.3 Å². The van der Waals surface area contributed by atoms with Crippen molar-refractivity contribution in [3.05, 3.63) is 52.5 Å². The van der Waals surface area contributed by atoms with E-state index in [1.54, 1.807) is 55.1 Å². The normalized spacial score (nSPS) is 14.3. The molecule has 146 valence electrons. The maximum absolute atomic E-state index is 12.4. The maximum Gasteiger partial charge on any atom is 0.338 e. The SMILES string of the molecule is Cc1c(Cl)cccc1NC(=O)[C@H](C)OC(=O)c1ccc2c(c1)NC(=O)CCS2. The fraction of sp³-hybridized carbons (Fsp3) is 0.250. The molecule has 2 aromatic rings. The van der Waals surface area contributed by atoms with E-state index >= 15 is 0 Å². The Hall–Kier alpha value is -2.51. The zero-order valence-electron chi connectivity index (χ0n) is 15.4. The number of nitrogens with one attached hydrogen (secondary N) is 2. The Kier molecular flexibility index (Phi) is 6.26. The molecule has 0 radical (unpaired) electrons. The highest BCUT2D eigenvalue weighted by Gasteiger charge is 2.21. The number of anilines is 2. The summed E-state index contributed by atoms with van der Waals surface area (Å²) in [5.41, 5.74) is 2.13. The molecule has 3 rings (SSSR count). The summed E-state index contributed by atoms with van der Waals surface area (Å²) >= 11 is 7.60. The number of hydrogen-bond donors (Lipinski definition) is 2. The van der Waals surface area contributed by atoms with E-state index in [0.717, 1.165) is 10.5 Å².